The van der Waals surface area contributed by atoms with Crippen molar-refractivity contribution in [3.8, 4) is 0 Å². The van der Waals surface area contributed by atoms with Crippen LogP contribution in [0.2, 0.25) is 0 Å². The van der Waals surface area contributed by atoms with Crippen LogP contribution >= 0.6 is 0 Å². The fraction of sp³-hybridized carbons (Fsp3) is 0.400. The van der Waals surface area contributed by atoms with E-state index in [0.717, 1.165) is 11.1 Å². The van der Waals surface area contributed by atoms with E-state index in [0.29, 0.717) is 5.69 Å². The molecule has 0 fully saturated rings. The summed E-state index contributed by atoms with van der Waals surface area (Å²) in [6.07, 6.45) is 0. The van der Waals surface area contributed by atoms with Crippen molar-refractivity contribution < 1.29 is 8.42 Å². The third kappa shape index (κ3) is 2.73. The average Bonchev–Trinajstić information content (AvgIpc) is 2.11. The number of benzene rings is 1. The lowest BCUT2D eigenvalue weighted by molar-refractivity contribution is 0.602. The first-order valence-corrected chi connectivity index (χ1v) is 6.17. The number of rotatable bonds is 3. The van der Waals surface area contributed by atoms with Crippen molar-refractivity contribution >= 4 is 15.7 Å². The molecule has 0 aliphatic rings. The molecule has 0 saturated heterocycles. The zero-order valence-corrected chi connectivity index (χ0v) is 9.48. The molecule has 1 aromatic carbocycles. The second-order valence-electron chi connectivity index (χ2n) is 3.32. The van der Waals surface area contributed by atoms with Crippen LogP contribution in [0.1, 0.15) is 18.1 Å². The maximum absolute atomic E-state index is 11.3. The number of sulfonamides is 1. The molecule has 0 saturated carbocycles. The van der Waals surface area contributed by atoms with Gasteiger partial charge in [-0.2, -0.15) is 0 Å². The molecule has 0 aromatic heterocycles. The Labute approximate surface area is 85.2 Å². The van der Waals surface area contributed by atoms with Crippen LogP contribution in [0.15, 0.2) is 18.2 Å². The summed E-state index contributed by atoms with van der Waals surface area (Å²) in [6.45, 7) is 5.43. The number of nitrogens with one attached hydrogen (secondary N) is 1. The largest absolute Gasteiger partial charge is 0.283 e. The van der Waals surface area contributed by atoms with Gasteiger partial charge in [-0.1, -0.05) is 12.1 Å². The number of hydrogen-bond acceptors (Lipinski definition) is 2. The van der Waals surface area contributed by atoms with Gasteiger partial charge in [-0.3, -0.25) is 4.72 Å². The van der Waals surface area contributed by atoms with E-state index < -0.39 is 10.0 Å². The lowest BCUT2D eigenvalue weighted by Gasteiger charge is -2.09. The molecule has 0 spiro atoms. The summed E-state index contributed by atoms with van der Waals surface area (Å²) in [5.41, 5.74) is 2.66. The van der Waals surface area contributed by atoms with Gasteiger partial charge in [0.15, 0.2) is 0 Å². The van der Waals surface area contributed by atoms with Gasteiger partial charge in [0.05, 0.1) is 11.4 Å². The van der Waals surface area contributed by atoms with E-state index in [-0.39, 0.29) is 5.75 Å². The first kappa shape index (κ1) is 11.0. The third-order valence-corrected chi connectivity index (χ3v) is 3.33. The predicted molar refractivity (Wildman–Crippen MR) is 59.0 cm³/mol. The fourth-order valence-electron chi connectivity index (χ4n) is 1.09. The molecule has 3 nitrogen and oxygen atoms in total. The number of aryl methyl sites for hydroxylation is 2. The zero-order chi connectivity index (χ0) is 10.8. The van der Waals surface area contributed by atoms with Gasteiger partial charge in [0.2, 0.25) is 10.0 Å². The van der Waals surface area contributed by atoms with Crippen LogP contribution in [-0.4, -0.2) is 14.2 Å². The highest BCUT2D eigenvalue weighted by Crippen LogP contribution is 2.17. The second-order valence-corrected chi connectivity index (χ2v) is 5.33. The van der Waals surface area contributed by atoms with Crippen LogP contribution < -0.4 is 4.72 Å². The summed E-state index contributed by atoms with van der Waals surface area (Å²) < 4.78 is 25.2. The molecule has 0 bridgehead atoms. The van der Waals surface area contributed by atoms with Gasteiger partial charge < -0.3 is 0 Å². The molecule has 0 radical (unpaired) electrons. The van der Waals surface area contributed by atoms with E-state index >= 15 is 0 Å². The highest BCUT2D eigenvalue weighted by molar-refractivity contribution is 7.92. The lowest BCUT2D eigenvalue weighted by atomic mass is 10.1. The third-order valence-electron chi connectivity index (χ3n) is 2.04. The van der Waals surface area contributed by atoms with E-state index in [1.807, 2.05) is 32.0 Å². The monoisotopic (exact) mass is 213 g/mol. The summed E-state index contributed by atoms with van der Waals surface area (Å²) in [5, 5.41) is 0. The number of hydrogen-bond donors (Lipinski definition) is 1. The van der Waals surface area contributed by atoms with Crippen LogP contribution in [0.3, 0.4) is 0 Å². The molecule has 4 heteroatoms. The van der Waals surface area contributed by atoms with Crippen molar-refractivity contribution in [1.29, 1.82) is 0 Å². The summed E-state index contributed by atoms with van der Waals surface area (Å²) in [7, 11) is -3.16. The minimum absolute atomic E-state index is 0.0976. The maximum atomic E-state index is 11.3. The molecule has 1 aromatic rings. The average molecular weight is 213 g/mol. The molecule has 78 valence electrons. The van der Waals surface area contributed by atoms with E-state index in [2.05, 4.69) is 4.72 Å². The van der Waals surface area contributed by atoms with E-state index in [9.17, 15) is 8.42 Å². The molecule has 0 aliphatic carbocycles. The van der Waals surface area contributed by atoms with Crippen LogP contribution in [0.5, 0.6) is 0 Å². The minimum atomic E-state index is -3.16. The van der Waals surface area contributed by atoms with Gasteiger partial charge in [0.25, 0.3) is 0 Å². The van der Waals surface area contributed by atoms with Crippen molar-refractivity contribution in [3.63, 3.8) is 0 Å². The van der Waals surface area contributed by atoms with Crippen molar-refractivity contribution in [1.82, 2.24) is 0 Å². The standard InChI is InChI=1S/C10H15NO2S/c1-4-14(12,13)11-10-7-8(2)5-6-9(10)3/h5-7,11H,4H2,1-3H3. The zero-order valence-electron chi connectivity index (χ0n) is 8.66. The Hall–Kier alpha value is -1.03. The molecule has 0 heterocycles. The first-order valence-electron chi connectivity index (χ1n) is 4.52. The smallest absolute Gasteiger partial charge is 0.232 e. The summed E-state index contributed by atoms with van der Waals surface area (Å²) in [4.78, 5) is 0. The molecule has 0 amide bonds. The predicted octanol–water partition coefficient (Wildman–Crippen LogP) is 2.07. The molecule has 14 heavy (non-hydrogen) atoms. The summed E-state index contributed by atoms with van der Waals surface area (Å²) >= 11 is 0. The Morgan fingerprint density at radius 1 is 1.29 bits per heavy atom. The lowest BCUT2D eigenvalue weighted by Crippen LogP contribution is -2.15. The van der Waals surface area contributed by atoms with Gasteiger partial charge in [0, 0.05) is 0 Å². The molecule has 0 atom stereocenters. The summed E-state index contributed by atoms with van der Waals surface area (Å²) in [6, 6.07) is 5.70. The summed E-state index contributed by atoms with van der Waals surface area (Å²) in [5.74, 6) is 0.0976. The Kier molecular flexibility index (Phi) is 3.16. The molecular formula is C10H15NO2S. The van der Waals surface area contributed by atoms with Gasteiger partial charge in [-0.05, 0) is 38.0 Å². The van der Waals surface area contributed by atoms with Gasteiger partial charge in [0.1, 0.15) is 0 Å². The molecular weight excluding hydrogens is 198 g/mol. The van der Waals surface area contributed by atoms with Gasteiger partial charge in [-0.15, -0.1) is 0 Å². The van der Waals surface area contributed by atoms with Crippen LogP contribution in [0, 0.1) is 13.8 Å². The topological polar surface area (TPSA) is 46.2 Å². The maximum Gasteiger partial charge on any atom is 0.232 e. The normalized spacial score (nSPS) is 11.4. The SMILES string of the molecule is CCS(=O)(=O)Nc1cc(C)ccc1C. The Balaban J connectivity index is 3.03. The Morgan fingerprint density at radius 2 is 1.93 bits per heavy atom. The van der Waals surface area contributed by atoms with E-state index in [4.69, 9.17) is 0 Å². The Bertz CT molecular complexity index is 424. The van der Waals surface area contributed by atoms with Crippen molar-refractivity contribution in [2.45, 2.75) is 20.8 Å². The Morgan fingerprint density at radius 3 is 2.50 bits per heavy atom. The van der Waals surface area contributed by atoms with Crippen molar-refractivity contribution in [2.24, 2.45) is 0 Å². The van der Waals surface area contributed by atoms with Crippen LogP contribution in [0.25, 0.3) is 0 Å². The van der Waals surface area contributed by atoms with Crippen LogP contribution in [0.4, 0.5) is 5.69 Å². The highest BCUT2D eigenvalue weighted by Gasteiger charge is 2.08. The minimum Gasteiger partial charge on any atom is -0.283 e. The van der Waals surface area contributed by atoms with Crippen molar-refractivity contribution in [3.05, 3.63) is 29.3 Å². The van der Waals surface area contributed by atoms with Gasteiger partial charge in [-0.25, -0.2) is 8.42 Å². The highest BCUT2D eigenvalue weighted by atomic mass is 32.2. The first-order chi connectivity index (χ1) is 6.44. The molecule has 1 N–H and O–H groups in total. The van der Waals surface area contributed by atoms with Crippen molar-refractivity contribution in [2.75, 3.05) is 10.5 Å². The van der Waals surface area contributed by atoms with Crippen LogP contribution in [-0.2, 0) is 10.0 Å². The quantitative estimate of drug-likeness (QED) is 0.835. The van der Waals surface area contributed by atoms with Gasteiger partial charge >= 0.3 is 0 Å². The molecule has 1 rings (SSSR count). The molecule has 0 aliphatic heterocycles. The second kappa shape index (κ2) is 4.00. The molecule has 0 unspecified atom stereocenters. The van der Waals surface area contributed by atoms with E-state index in [1.54, 1.807) is 6.92 Å². The number of anilines is 1. The van der Waals surface area contributed by atoms with E-state index in [1.165, 1.54) is 0 Å². The fourth-order valence-corrected chi connectivity index (χ4v) is 1.78.